The smallest absolute Gasteiger partial charge is 0.235 e. The Morgan fingerprint density at radius 1 is 1.33 bits per heavy atom. The summed E-state index contributed by atoms with van der Waals surface area (Å²) in [6.07, 6.45) is 1.37. The minimum absolute atomic E-state index is 0.108. The second kappa shape index (κ2) is 11.7. The number of hydrogen-bond donors (Lipinski definition) is 2. The number of hydrogen-bond acceptors (Lipinski definition) is 7. The molecule has 1 amide bonds. The summed E-state index contributed by atoms with van der Waals surface area (Å²) in [6, 6.07) is 11.4. The number of thioether (sulfide) groups is 1. The highest BCUT2D eigenvalue weighted by atomic mass is 32.2. The summed E-state index contributed by atoms with van der Waals surface area (Å²) in [4.78, 5) is 25.1. The number of β-amino-alcohol motifs (C(OH)–C–C–N with tert-alkyl or cyclic N) is 1. The predicted octanol–water partition coefficient (Wildman–Crippen LogP) is 2.89. The Morgan fingerprint density at radius 3 is 2.70 bits per heavy atom. The fourth-order valence-electron chi connectivity index (χ4n) is 4.05. The lowest BCUT2D eigenvalue weighted by atomic mass is 10.1. The number of nitriles is 1. The van der Waals surface area contributed by atoms with Gasteiger partial charge in [0.2, 0.25) is 11.6 Å². The molecular formula is C24H28N6O2S. The molecule has 33 heavy (non-hydrogen) atoms. The van der Waals surface area contributed by atoms with Crippen LogP contribution in [0.2, 0.25) is 0 Å². The van der Waals surface area contributed by atoms with Crippen LogP contribution in [0.1, 0.15) is 35.3 Å². The van der Waals surface area contributed by atoms with E-state index in [1.807, 2.05) is 37.3 Å². The maximum Gasteiger partial charge on any atom is 0.235 e. The maximum atomic E-state index is 12.3. The van der Waals surface area contributed by atoms with Gasteiger partial charge in [-0.15, -0.1) is 0 Å². The molecule has 1 saturated heterocycles. The van der Waals surface area contributed by atoms with Crippen LogP contribution in [0.15, 0.2) is 35.4 Å². The first-order valence-corrected chi connectivity index (χ1v) is 11.8. The molecule has 1 fully saturated rings. The van der Waals surface area contributed by atoms with Gasteiger partial charge in [0.1, 0.15) is 22.2 Å². The molecule has 3 rings (SSSR count). The molecule has 1 unspecified atom stereocenters. The normalized spacial score (nSPS) is 15.3. The van der Waals surface area contributed by atoms with Gasteiger partial charge in [-0.2, -0.15) is 5.26 Å². The Balaban J connectivity index is 2.06. The molecular weight excluding hydrogens is 436 g/mol. The van der Waals surface area contributed by atoms with Gasteiger partial charge in [0.15, 0.2) is 0 Å². The zero-order valence-corrected chi connectivity index (χ0v) is 19.5. The summed E-state index contributed by atoms with van der Waals surface area (Å²) in [5.74, 6) is 0.0330. The third kappa shape index (κ3) is 5.63. The number of primary amides is 1. The Morgan fingerprint density at radius 2 is 2.09 bits per heavy atom. The zero-order chi connectivity index (χ0) is 23.8. The molecule has 1 aromatic carbocycles. The Bertz CT molecular complexity index is 1060. The highest BCUT2D eigenvalue weighted by molar-refractivity contribution is 8.00. The van der Waals surface area contributed by atoms with Crippen LogP contribution in [-0.4, -0.2) is 60.2 Å². The topological polar surface area (TPSA) is 111 Å². The summed E-state index contributed by atoms with van der Waals surface area (Å²) in [7, 11) is 0. The van der Waals surface area contributed by atoms with Crippen molar-refractivity contribution in [1.29, 1.82) is 5.26 Å². The molecule has 0 aliphatic carbocycles. The molecule has 1 aliphatic rings. The number of nitrogens with two attached hydrogens (primary N) is 1. The van der Waals surface area contributed by atoms with Crippen molar-refractivity contribution >= 4 is 29.2 Å². The molecule has 1 aromatic heterocycles. The van der Waals surface area contributed by atoms with E-state index in [0.29, 0.717) is 53.7 Å². The van der Waals surface area contributed by atoms with Crippen molar-refractivity contribution in [1.82, 2.24) is 9.88 Å². The molecule has 0 spiro atoms. The largest absolute Gasteiger partial charge is 0.395 e. The number of nitrogens with zero attached hydrogens (tertiary/aromatic N) is 5. The van der Waals surface area contributed by atoms with E-state index < -0.39 is 11.2 Å². The molecule has 0 saturated carbocycles. The lowest BCUT2D eigenvalue weighted by molar-refractivity contribution is -0.117. The summed E-state index contributed by atoms with van der Waals surface area (Å²) in [5.41, 5.74) is 7.83. The average Bonchev–Trinajstić information content (AvgIpc) is 3.07. The van der Waals surface area contributed by atoms with E-state index in [9.17, 15) is 15.2 Å². The van der Waals surface area contributed by atoms with Crippen LogP contribution >= 0.6 is 11.8 Å². The number of rotatable bonds is 8. The van der Waals surface area contributed by atoms with Crippen molar-refractivity contribution in [3.05, 3.63) is 58.4 Å². The van der Waals surface area contributed by atoms with Gasteiger partial charge >= 0.3 is 0 Å². The van der Waals surface area contributed by atoms with Crippen LogP contribution in [0.3, 0.4) is 0 Å². The summed E-state index contributed by atoms with van der Waals surface area (Å²) < 4.78 is 0. The summed E-state index contributed by atoms with van der Waals surface area (Å²) in [6.45, 7) is 13.4. The fourth-order valence-corrected chi connectivity index (χ4v) is 5.11. The van der Waals surface area contributed by atoms with Gasteiger partial charge in [0, 0.05) is 26.2 Å². The first-order chi connectivity index (χ1) is 16.0. The minimum atomic E-state index is -0.702. The number of carbonyl (C=O) groups is 1. The van der Waals surface area contributed by atoms with Gasteiger partial charge in [-0.25, -0.2) is 9.83 Å². The van der Waals surface area contributed by atoms with E-state index in [0.717, 1.165) is 36.8 Å². The molecule has 9 heteroatoms. The van der Waals surface area contributed by atoms with E-state index in [2.05, 4.69) is 20.7 Å². The molecule has 1 aliphatic heterocycles. The first-order valence-electron chi connectivity index (χ1n) is 11.0. The van der Waals surface area contributed by atoms with Crippen LogP contribution in [0.25, 0.3) is 4.85 Å². The third-order valence-electron chi connectivity index (χ3n) is 5.69. The van der Waals surface area contributed by atoms with Crippen molar-refractivity contribution in [3.8, 4) is 6.07 Å². The standard InChI is InChI=1S/C24H28N6O2S/c1-3-18-19(16-25)24(33-21(22(26)32)17-8-5-4-6-9-17)28-23(20(18)27-2)30-11-7-10-29(12-13-30)14-15-31/h4-6,8-9,21,31H,3,7,10-15H2,1H3,(H2,26,32). The van der Waals surface area contributed by atoms with Crippen molar-refractivity contribution in [2.75, 3.05) is 44.2 Å². The minimum Gasteiger partial charge on any atom is -0.395 e. The lowest BCUT2D eigenvalue weighted by Gasteiger charge is -2.26. The van der Waals surface area contributed by atoms with Crippen molar-refractivity contribution in [2.45, 2.75) is 30.0 Å². The zero-order valence-electron chi connectivity index (χ0n) is 18.7. The second-order valence-corrected chi connectivity index (χ2v) is 8.83. The average molecular weight is 465 g/mol. The molecule has 8 nitrogen and oxygen atoms in total. The van der Waals surface area contributed by atoms with Crippen molar-refractivity contribution < 1.29 is 9.90 Å². The number of amides is 1. The predicted molar refractivity (Wildman–Crippen MR) is 129 cm³/mol. The Kier molecular flexibility index (Phi) is 8.67. The second-order valence-electron chi connectivity index (χ2n) is 7.74. The van der Waals surface area contributed by atoms with Gasteiger partial charge in [-0.3, -0.25) is 9.69 Å². The number of aliphatic hydroxyl groups excluding tert-OH is 1. The van der Waals surface area contributed by atoms with Gasteiger partial charge in [-0.05, 0) is 30.5 Å². The number of benzene rings is 1. The van der Waals surface area contributed by atoms with Crippen LogP contribution in [-0.2, 0) is 11.2 Å². The van der Waals surface area contributed by atoms with Crippen molar-refractivity contribution in [3.63, 3.8) is 0 Å². The number of pyridine rings is 1. The maximum absolute atomic E-state index is 12.3. The molecule has 2 heterocycles. The van der Waals surface area contributed by atoms with Gasteiger partial charge < -0.3 is 15.7 Å². The van der Waals surface area contributed by atoms with E-state index >= 15 is 0 Å². The Hall–Kier alpha value is -3.11. The van der Waals surface area contributed by atoms with E-state index in [1.54, 1.807) is 0 Å². The molecule has 2 aromatic rings. The Labute approximate surface area is 198 Å². The molecule has 1 atom stereocenters. The highest BCUT2D eigenvalue weighted by Gasteiger charge is 2.28. The van der Waals surface area contributed by atoms with E-state index in [4.69, 9.17) is 17.3 Å². The van der Waals surface area contributed by atoms with Crippen LogP contribution in [0.4, 0.5) is 11.5 Å². The molecule has 3 N–H and O–H groups in total. The number of carbonyl (C=O) groups excluding carboxylic acids is 1. The number of anilines is 1. The number of aromatic nitrogens is 1. The van der Waals surface area contributed by atoms with Crippen molar-refractivity contribution in [2.24, 2.45) is 5.73 Å². The van der Waals surface area contributed by atoms with Gasteiger partial charge in [0.05, 0.1) is 18.7 Å². The molecule has 0 bridgehead atoms. The van der Waals surface area contributed by atoms with Crippen LogP contribution in [0.5, 0.6) is 0 Å². The molecule has 0 radical (unpaired) electrons. The highest BCUT2D eigenvalue weighted by Crippen LogP contribution is 2.42. The first kappa shape index (κ1) is 24.5. The summed E-state index contributed by atoms with van der Waals surface area (Å²) >= 11 is 1.16. The summed E-state index contributed by atoms with van der Waals surface area (Å²) in [5, 5.41) is 18.9. The molecule has 172 valence electrons. The van der Waals surface area contributed by atoms with Gasteiger partial charge in [0.25, 0.3) is 0 Å². The van der Waals surface area contributed by atoms with Gasteiger partial charge in [-0.1, -0.05) is 49.0 Å². The monoisotopic (exact) mass is 464 g/mol. The number of aliphatic hydroxyl groups is 1. The lowest BCUT2D eigenvalue weighted by Crippen LogP contribution is -2.33. The van der Waals surface area contributed by atoms with Crippen LogP contribution in [0, 0.1) is 17.9 Å². The third-order valence-corrected chi connectivity index (χ3v) is 6.95. The fraction of sp³-hybridized carbons (Fsp3) is 0.417. The van der Waals surface area contributed by atoms with E-state index in [1.165, 1.54) is 0 Å². The van der Waals surface area contributed by atoms with Crippen LogP contribution < -0.4 is 10.6 Å². The quantitative estimate of drug-likeness (QED) is 0.456. The SMILES string of the molecule is [C-]#[N+]c1c(N2CCCN(CCO)CC2)nc(SC(C(N)=O)c2ccccc2)c(C#N)c1CC. The van der Waals surface area contributed by atoms with E-state index in [-0.39, 0.29) is 6.61 Å².